The van der Waals surface area contributed by atoms with Gasteiger partial charge in [0.2, 0.25) is 0 Å². The molecular formula is C27H24ClNO6. The second kappa shape index (κ2) is 9.00. The summed E-state index contributed by atoms with van der Waals surface area (Å²) in [4.78, 5) is 26.1. The molecule has 3 aromatic rings. The molecule has 1 fully saturated rings. The van der Waals surface area contributed by atoms with Gasteiger partial charge in [-0.25, -0.2) is 4.79 Å². The van der Waals surface area contributed by atoms with E-state index < -0.39 is 11.9 Å². The van der Waals surface area contributed by atoms with Crippen LogP contribution in [-0.2, 0) is 12.5 Å². The van der Waals surface area contributed by atoms with E-state index in [-0.39, 0.29) is 33.8 Å². The molecule has 0 radical (unpaired) electrons. The van der Waals surface area contributed by atoms with Crippen molar-refractivity contribution in [3.8, 4) is 16.9 Å². The van der Waals surface area contributed by atoms with Gasteiger partial charge >= 0.3 is 11.9 Å². The topological polar surface area (TPSA) is 107 Å². The van der Waals surface area contributed by atoms with Crippen LogP contribution in [-0.4, -0.2) is 38.1 Å². The Morgan fingerprint density at radius 3 is 2.49 bits per heavy atom. The number of nitrogens with zero attached hydrogens (tertiary/aromatic N) is 1. The van der Waals surface area contributed by atoms with E-state index in [1.165, 1.54) is 24.3 Å². The molecule has 0 atom stereocenters. The summed E-state index contributed by atoms with van der Waals surface area (Å²) in [6.07, 6.45) is 4.28. The molecule has 8 heteroatoms. The van der Waals surface area contributed by atoms with Crippen LogP contribution in [0.4, 0.5) is 0 Å². The molecule has 1 amide bonds. The zero-order valence-electron chi connectivity index (χ0n) is 18.8. The number of carboxylic acid groups (broad SMARTS) is 1. The van der Waals surface area contributed by atoms with Crippen molar-refractivity contribution in [1.82, 2.24) is 4.90 Å². The van der Waals surface area contributed by atoms with Gasteiger partial charge in [-0.3, -0.25) is 4.79 Å². The van der Waals surface area contributed by atoms with E-state index in [1.54, 1.807) is 36.4 Å². The lowest BCUT2D eigenvalue weighted by Gasteiger charge is -2.24. The Bertz CT molecular complexity index is 1310. The zero-order valence-corrected chi connectivity index (χ0v) is 19.5. The fourth-order valence-electron chi connectivity index (χ4n) is 4.89. The van der Waals surface area contributed by atoms with Crippen molar-refractivity contribution in [2.75, 3.05) is 0 Å². The van der Waals surface area contributed by atoms with Crippen LogP contribution in [0.3, 0.4) is 0 Å². The number of aliphatic hydroxyl groups is 2. The van der Waals surface area contributed by atoms with Gasteiger partial charge in [-0.2, -0.15) is 0 Å². The van der Waals surface area contributed by atoms with Crippen LogP contribution in [0.25, 0.3) is 11.1 Å². The molecule has 0 unspecified atom stereocenters. The third-order valence-electron chi connectivity index (χ3n) is 6.70. The summed E-state index contributed by atoms with van der Waals surface area (Å²) in [6.45, 7) is 0.484. The molecule has 180 valence electrons. The van der Waals surface area contributed by atoms with Crippen LogP contribution in [0.5, 0.6) is 5.75 Å². The summed E-state index contributed by atoms with van der Waals surface area (Å²) < 4.78 is 5.55. The molecule has 5 rings (SSSR count). The molecule has 0 aromatic heterocycles. The molecule has 1 aliphatic heterocycles. The standard InChI is InChI=1S/C27H24ClNO6/c28-24-11-8-17(14-23(24)26(31)32)16-4-3-5-19(12-16)27(33,34)35-21-9-10-22-18(13-21)15-29(25(22)30)20-6-1-2-7-20/h3-5,8-14,20,33-34H,1-2,6-7,15H2,(H,31,32). The maximum absolute atomic E-state index is 12.8. The Balaban J connectivity index is 1.38. The number of carboxylic acids is 1. The predicted molar refractivity (Wildman–Crippen MR) is 129 cm³/mol. The summed E-state index contributed by atoms with van der Waals surface area (Å²) in [5.41, 5.74) is 2.53. The number of ether oxygens (including phenoxy) is 1. The van der Waals surface area contributed by atoms with Crippen molar-refractivity contribution in [3.05, 3.63) is 87.9 Å². The van der Waals surface area contributed by atoms with Gasteiger partial charge in [-0.05, 0) is 72.0 Å². The average Bonchev–Trinajstić information content (AvgIpc) is 3.47. The van der Waals surface area contributed by atoms with E-state index in [0.29, 0.717) is 23.2 Å². The van der Waals surface area contributed by atoms with Gasteiger partial charge in [0.05, 0.1) is 16.1 Å². The number of benzene rings is 3. The van der Waals surface area contributed by atoms with Crippen molar-refractivity contribution in [3.63, 3.8) is 0 Å². The molecule has 3 N–H and O–H groups in total. The monoisotopic (exact) mass is 493 g/mol. The normalized spacial score (nSPS) is 16.0. The van der Waals surface area contributed by atoms with Crippen molar-refractivity contribution in [1.29, 1.82) is 0 Å². The molecule has 0 saturated heterocycles. The van der Waals surface area contributed by atoms with Crippen LogP contribution in [0.2, 0.25) is 5.02 Å². The van der Waals surface area contributed by atoms with Gasteiger partial charge in [-0.1, -0.05) is 42.6 Å². The van der Waals surface area contributed by atoms with Crippen LogP contribution in [0.1, 0.15) is 57.5 Å². The molecule has 0 spiro atoms. The first kappa shape index (κ1) is 23.4. The van der Waals surface area contributed by atoms with Crippen LogP contribution >= 0.6 is 11.6 Å². The largest absolute Gasteiger partial charge is 0.478 e. The fraction of sp³-hybridized carbons (Fsp3) is 0.259. The van der Waals surface area contributed by atoms with E-state index in [0.717, 1.165) is 31.2 Å². The van der Waals surface area contributed by atoms with Gasteiger partial charge in [-0.15, -0.1) is 0 Å². The Kier molecular flexibility index (Phi) is 6.01. The first-order valence-corrected chi connectivity index (χ1v) is 11.8. The third kappa shape index (κ3) is 4.50. The van der Waals surface area contributed by atoms with Crippen molar-refractivity contribution in [2.24, 2.45) is 0 Å². The third-order valence-corrected chi connectivity index (χ3v) is 7.03. The zero-order chi connectivity index (χ0) is 24.7. The molecule has 7 nitrogen and oxygen atoms in total. The van der Waals surface area contributed by atoms with Crippen LogP contribution < -0.4 is 4.74 Å². The van der Waals surface area contributed by atoms with E-state index in [9.17, 15) is 24.9 Å². The second-order valence-corrected chi connectivity index (χ2v) is 9.39. The molecule has 0 bridgehead atoms. The van der Waals surface area contributed by atoms with E-state index >= 15 is 0 Å². The molecular weight excluding hydrogens is 470 g/mol. The van der Waals surface area contributed by atoms with Gasteiger partial charge in [0.15, 0.2) is 0 Å². The number of hydrogen-bond acceptors (Lipinski definition) is 5. The van der Waals surface area contributed by atoms with Crippen LogP contribution in [0, 0.1) is 0 Å². The van der Waals surface area contributed by atoms with E-state index in [2.05, 4.69) is 0 Å². The number of carbonyl (C=O) groups excluding carboxylic acids is 1. The lowest BCUT2D eigenvalue weighted by molar-refractivity contribution is -0.304. The number of halogens is 1. The number of amides is 1. The first-order valence-electron chi connectivity index (χ1n) is 11.4. The van der Waals surface area contributed by atoms with Gasteiger partial charge in [0.25, 0.3) is 5.91 Å². The van der Waals surface area contributed by atoms with Crippen LogP contribution in [0.15, 0.2) is 60.7 Å². The average molecular weight is 494 g/mol. The number of carbonyl (C=O) groups is 2. The maximum Gasteiger partial charge on any atom is 0.351 e. The summed E-state index contributed by atoms with van der Waals surface area (Å²) >= 11 is 5.96. The maximum atomic E-state index is 12.8. The lowest BCUT2D eigenvalue weighted by Crippen LogP contribution is -2.33. The number of fused-ring (bicyclic) bond motifs is 1. The highest BCUT2D eigenvalue weighted by Crippen LogP contribution is 2.35. The smallest absolute Gasteiger partial charge is 0.351 e. The summed E-state index contributed by atoms with van der Waals surface area (Å²) in [5, 5.41) is 31.0. The Morgan fingerprint density at radius 2 is 1.74 bits per heavy atom. The lowest BCUT2D eigenvalue weighted by atomic mass is 10.00. The number of rotatable bonds is 6. The second-order valence-electron chi connectivity index (χ2n) is 8.98. The summed E-state index contributed by atoms with van der Waals surface area (Å²) in [5.74, 6) is -3.58. The quantitative estimate of drug-likeness (QED) is 0.427. The summed E-state index contributed by atoms with van der Waals surface area (Å²) in [6, 6.07) is 16.0. The summed E-state index contributed by atoms with van der Waals surface area (Å²) in [7, 11) is 0. The minimum atomic E-state index is -2.65. The van der Waals surface area contributed by atoms with Gasteiger partial charge in [0.1, 0.15) is 5.75 Å². The Morgan fingerprint density at radius 1 is 1.00 bits per heavy atom. The Hall–Kier alpha value is -3.39. The number of hydrogen-bond donors (Lipinski definition) is 3. The minimum Gasteiger partial charge on any atom is -0.478 e. The first-order chi connectivity index (χ1) is 16.7. The highest BCUT2D eigenvalue weighted by Gasteiger charge is 2.35. The van der Waals surface area contributed by atoms with Gasteiger partial charge < -0.3 is 25.0 Å². The van der Waals surface area contributed by atoms with Crippen molar-refractivity contribution in [2.45, 2.75) is 44.2 Å². The Labute approximate surface area is 207 Å². The fourth-order valence-corrected chi connectivity index (χ4v) is 5.09. The molecule has 1 heterocycles. The van der Waals surface area contributed by atoms with E-state index in [1.807, 2.05) is 4.90 Å². The molecule has 35 heavy (non-hydrogen) atoms. The van der Waals surface area contributed by atoms with Crippen molar-refractivity contribution >= 4 is 23.5 Å². The predicted octanol–water partition coefficient (Wildman–Crippen LogP) is 4.78. The van der Waals surface area contributed by atoms with Gasteiger partial charge in [0, 0.05) is 18.2 Å². The van der Waals surface area contributed by atoms with Crippen molar-refractivity contribution < 1.29 is 29.6 Å². The SMILES string of the molecule is O=C(O)c1cc(-c2cccc(C(O)(O)Oc3ccc4c(c3)CN(C3CCCC3)C4=O)c2)ccc1Cl. The molecule has 1 aliphatic carbocycles. The number of aromatic carboxylic acids is 1. The molecule has 1 saturated carbocycles. The minimum absolute atomic E-state index is 0.00843. The highest BCUT2D eigenvalue weighted by molar-refractivity contribution is 6.33. The van der Waals surface area contributed by atoms with E-state index in [4.69, 9.17) is 16.3 Å². The molecule has 2 aliphatic rings. The molecule has 3 aromatic carbocycles. The highest BCUT2D eigenvalue weighted by atomic mass is 35.5.